The number of carbonyl (C=O) groups is 1. The standard InChI is InChI=1S/C23H29ClN4O/c1-17(2)15-22(26-27-23(29)21-9-5-6-12-25-21)18-10-13-28(14-11-18)16-19-7-3-4-8-20(19)24/h3-9,12,17-18H,10-11,13-16H2,1-2H3,(H,27,29)/b26-22+. The van der Waals surface area contributed by atoms with Crippen molar-refractivity contribution < 1.29 is 4.79 Å². The van der Waals surface area contributed by atoms with Crippen LogP contribution in [0, 0.1) is 11.8 Å². The number of piperidine rings is 1. The second-order valence-electron chi connectivity index (χ2n) is 8.00. The zero-order valence-electron chi connectivity index (χ0n) is 17.1. The molecule has 2 heterocycles. The maximum atomic E-state index is 12.3. The Balaban J connectivity index is 1.60. The lowest BCUT2D eigenvalue weighted by Gasteiger charge is -2.33. The Morgan fingerprint density at radius 2 is 1.93 bits per heavy atom. The normalized spacial score (nSPS) is 16.2. The molecular weight excluding hydrogens is 384 g/mol. The van der Waals surface area contributed by atoms with E-state index in [1.165, 1.54) is 5.56 Å². The number of hydrogen-bond donors (Lipinski definition) is 1. The van der Waals surface area contributed by atoms with Crippen molar-refractivity contribution in [2.45, 2.75) is 39.7 Å². The zero-order valence-corrected chi connectivity index (χ0v) is 17.9. The van der Waals surface area contributed by atoms with Crippen molar-refractivity contribution in [3.63, 3.8) is 0 Å². The first-order valence-electron chi connectivity index (χ1n) is 10.3. The molecule has 0 aliphatic carbocycles. The summed E-state index contributed by atoms with van der Waals surface area (Å²) in [6.45, 7) is 7.24. The van der Waals surface area contributed by atoms with Gasteiger partial charge in [-0.05, 0) is 62.0 Å². The molecule has 154 valence electrons. The Kier molecular flexibility index (Phi) is 7.78. The lowest BCUT2D eigenvalue weighted by Crippen LogP contribution is -2.37. The number of nitrogens with one attached hydrogen (secondary N) is 1. The Morgan fingerprint density at radius 3 is 2.59 bits per heavy atom. The first-order chi connectivity index (χ1) is 14.0. The van der Waals surface area contributed by atoms with E-state index in [9.17, 15) is 4.79 Å². The van der Waals surface area contributed by atoms with E-state index in [2.05, 4.69) is 40.3 Å². The second-order valence-corrected chi connectivity index (χ2v) is 8.41. The number of nitrogens with zero attached hydrogens (tertiary/aromatic N) is 3. The number of pyridine rings is 1. The first kappa shape index (κ1) is 21.5. The summed E-state index contributed by atoms with van der Waals surface area (Å²) in [5, 5.41) is 5.35. The number of amides is 1. The van der Waals surface area contributed by atoms with Crippen LogP contribution in [0.3, 0.4) is 0 Å². The molecule has 3 rings (SSSR count). The minimum Gasteiger partial charge on any atom is -0.299 e. The summed E-state index contributed by atoms with van der Waals surface area (Å²) in [6, 6.07) is 13.3. The summed E-state index contributed by atoms with van der Waals surface area (Å²) in [5.41, 5.74) is 5.36. The van der Waals surface area contributed by atoms with Gasteiger partial charge < -0.3 is 0 Å². The molecule has 0 unspecified atom stereocenters. The summed E-state index contributed by atoms with van der Waals surface area (Å²) in [6.07, 6.45) is 4.57. The van der Waals surface area contributed by atoms with E-state index in [1.807, 2.05) is 18.2 Å². The molecule has 0 bridgehead atoms. The number of likely N-dealkylation sites (tertiary alicyclic amines) is 1. The van der Waals surface area contributed by atoms with Crippen LogP contribution in [-0.2, 0) is 6.54 Å². The molecule has 1 aromatic carbocycles. The van der Waals surface area contributed by atoms with Gasteiger partial charge in [0.25, 0.3) is 5.91 Å². The van der Waals surface area contributed by atoms with E-state index in [-0.39, 0.29) is 5.91 Å². The highest BCUT2D eigenvalue weighted by Gasteiger charge is 2.24. The molecule has 5 nitrogen and oxygen atoms in total. The fourth-order valence-electron chi connectivity index (χ4n) is 3.69. The topological polar surface area (TPSA) is 57.6 Å². The summed E-state index contributed by atoms with van der Waals surface area (Å²) in [5.74, 6) is 0.619. The van der Waals surface area contributed by atoms with Crippen LogP contribution in [-0.4, -0.2) is 34.6 Å². The predicted octanol–water partition coefficient (Wildman–Crippen LogP) is 4.78. The van der Waals surface area contributed by atoms with Crippen molar-refractivity contribution in [3.05, 3.63) is 64.9 Å². The number of halogens is 1. The molecule has 2 aromatic rings. The lowest BCUT2D eigenvalue weighted by molar-refractivity contribution is 0.0949. The largest absolute Gasteiger partial charge is 0.299 e. The van der Waals surface area contributed by atoms with E-state index in [0.717, 1.165) is 49.6 Å². The predicted molar refractivity (Wildman–Crippen MR) is 118 cm³/mol. The molecule has 0 atom stereocenters. The van der Waals surface area contributed by atoms with Crippen LogP contribution in [0.25, 0.3) is 0 Å². The fourth-order valence-corrected chi connectivity index (χ4v) is 3.89. The van der Waals surface area contributed by atoms with Gasteiger partial charge in [-0.2, -0.15) is 5.10 Å². The van der Waals surface area contributed by atoms with Crippen molar-refractivity contribution in [2.24, 2.45) is 16.9 Å². The fraction of sp³-hybridized carbons (Fsp3) is 0.435. The van der Waals surface area contributed by atoms with Gasteiger partial charge in [0.05, 0.1) is 0 Å². The summed E-state index contributed by atoms with van der Waals surface area (Å²) >= 11 is 6.31. The molecule has 1 saturated heterocycles. The SMILES string of the molecule is CC(C)C/C(=N\NC(=O)c1ccccn1)C1CCN(Cc2ccccc2Cl)CC1. The highest BCUT2D eigenvalue weighted by molar-refractivity contribution is 6.31. The minimum absolute atomic E-state index is 0.261. The van der Waals surface area contributed by atoms with E-state index in [0.29, 0.717) is 17.5 Å². The van der Waals surface area contributed by atoms with Crippen LogP contribution in [0.1, 0.15) is 49.2 Å². The number of hydrogen-bond acceptors (Lipinski definition) is 4. The molecular formula is C23H29ClN4O. The Bertz CT molecular complexity index is 830. The van der Waals surface area contributed by atoms with Crippen LogP contribution < -0.4 is 5.43 Å². The molecule has 0 saturated carbocycles. The Labute approximate surface area is 178 Å². The average molecular weight is 413 g/mol. The van der Waals surface area contributed by atoms with Crippen LogP contribution in [0.2, 0.25) is 5.02 Å². The van der Waals surface area contributed by atoms with E-state index < -0.39 is 0 Å². The minimum atomic E-state index is -0.261. The second kappa shape index (κ2) is 10.5. The van der Waals surface area contributed by atoms with Gasteiger partial charge in [-0.25, -0.2) is 5.43 Å². The monoisotopic (exact) mass is 412 g/mol. The smallest absolute Gasteiger partial charge is 0.289 e. The van der Waals surface area contributed by atoms with Gasteiger partial charge in [0.1, 0.15) is 5.69 Å². The third-order valence-electron chi connectivity index (χ3n) is 5.23. The molecule has 0 spiro atoms. The van der Waals surface area contributed by atoms with Gasteiger partial charge in [0.15, 0.2) is 0 Å². The van der Waals surface area contributed by atoms with Crippen molar-refractivity contribution in [2.75, 3.05) is 13.1 Å². The van der Waals surface area contributed by atoms with Crippen LogP contribution in [0.4, 0.5) is 0 Å². The number of carbonyl (C=O) groups excluding carboxylic acids is 1. The Hall–Kier alpha value is -2.24. The van der Waals surface area contributed by atoms with Gasteiger partial charge in [0, 0.05) is 29.4 Å². The third-order valence-corrected chi connectivity index (χ3v) is 5.60. The van der Waals surface area contributed by atoms with Crippen molar-refractivity contribution in [1.29, 1.82) is 0 Å². The van der Waals surface area contributed by atoms with Crippen LogP contribution in [0.5, 0.6) is 0 Å². The van der Waals surface area contributed by atoms with E-state index in [4.69, 9.17) is 11.6 Å². The maximum Gasteiger partial charge on any atom is 0.289 e. The summed E-state index contributed by atoms with van der Waals surface area (Å²) in [4.78, 5) is 18.8. The molecule has 1 aliphatic rings. The molecule has 1 fully saturated rings. The van der Waals surface area contributed by atoms with E-state index >= 15 is 0 Å². The van der Waals surface area contributed by atoms with Crippen molar-refractivity contribution in [3.8, 4) is 0 Å². The highest BCUT2D eigenvalue weighted by atomic mass is 35.5. The average Bonchev–Trinajstić information content (AvgIpc) is 2.73. The van der Waals surface area contributed by atoms with Gasteiger partial charge >= 0.3 is 0 Å². The third kappa shape index (κ3) is 6.38. The molecule has 1 aliphatic heterocycles. The molecule has 1 N–H and O–H groups in total. The van der Waals surface area contributed by atoms with Gasteiger partial charge in [-0.3, -0.25) is 14.7 Å². The molecule has 0 radical (unpaired) electrons. The molecule has 6 heteroatoms. The highest BCUT2D eigenvalue weighted by Crippen LogP contribution is 2.25. The lowest BCUT2D eigenvalue weighted by atomic mass is 9.87. The molecule has 1 aromatic heterocycles. The zero-order chi connectivity index (χ0) is 20.6. The van der Waals surface area contributed by atoms with Crippen molar-refractivity contribution >= 4 is 23.2 Å². The van der Waals surface area contributed by atoms with Crippen LogP contribution in [0.15, 0.2) is 53.8 Å². The number of benzene rings is 1. The van der Waals surface area contributed by atoms with E-state index in [1.54, 1.807) is 24.4 Å². The quantitative estimate of drug-likeness (QED) is 0.526. The van der Waals surface area contributed by atoms with Crippen molar-refractivity contribution in [1.82, 2.24) is 15.3 Å². The van der Waals surface area contributed by atoms with Gasteiger partial charge in [-0.15, -0.1) is 0 Å². The van der Waals surface area contributed by atoms with Crippen LogP contribution >= 0.6 is 11.6 Å². The number of aromatic nitrogens is 1. The van der Waals surface area contributed by atoms with Gasteiger partial charge in [-0.1, -0.05) is 49.7 Å². The molecule has 29 heavy (non-hydrogen) atoms. The number of rotatable bonds is 7. The molecule has 1 amide bonds. The number of hydrazone groups is 1. The summed E-state index contributed by atoms with van der Waals surface area (Å²) < 4.78 is 0. The first-order valence-corrected chi connectivity index (χ1v) is 10.6. The van der Waals surface area contributed by atoms with Gasteiger partial charge in [0.2, 0.25) is 0 Å². The Morgan fingerprint density at radius 1 is 1.21 bits per heavy atom. The summed E-state index contributed by atoms with van der Waals surface area (Å²) in [7, 11) is 0. The maximum absolute atomic E-state index is 12.3.